The van der Waals surface area contributed by atoms with Gasteiger partial charge in [0, 0.05) is 18.7 Å². The van der Waals surface area contributed by atoms with Crippen LogP contribution in [0.2, 0.25) is 0 Å². The van der Waals surface area contributed by atoms with E-state index in [0.29, 0.717) is 18.5 Å². The molecule has 128 valence electrons. The van der Waals surface area contributed by atoms with E-state index in [1.807, 2.05) is 30.3 Å². The van der Waals surface area contributed by atoms with Crippen molar-refractivity contribution in [1.29, 1.82) is 0 Å². The molecule has 0 aliphatic carbocycles. The fourth-order valence-electron chi connectivity index (χ4n) is 3.57. The first kappa shape index (κ1) is 15.7. The van der Waals surface area contributed by atoms with Crippen molar-refractivity contribution in [1.82, 2.24) is 0 Å². The molecule has 25 heavy (non-hydrogen) atoms. The first-order valence-corrected chi connectivity index (χ1v) is 8.44. The third-order valence-corrected chi connectivity index (χ3v) is 4.84. The molecule has 0 fully saturated rings. The summed E-state index contributed by atoms with van der Waals surface area (Å²) in [6.07, 6.45) is 1.44. The van der Waals surface area contributed by atoms with Gasteiger partial charge in [0.2, 0.25) is 0 Å². The lowest BCUT2D eigenvalue weighted by molar-refractivity contribution is -0.127. The number of carbonyl (C=O) groups is 2. The summed E-state index contributed by atoms with van der Waals surface area (Å²) in [5.74, 6) is 0.201. The van der Waals surface area contributed by atoms with Gasteiger partial charge in [-0.05, 0) is 48.2 Å². The minimum absolute atomic E-state index is 0.158. The average molecular weight is 337 g/mol. The van der Waals surface area contributed by atoms with E-state index in [1.165, 1.54) is 0 Å². The highest BCUT2D eigenvalue weighted by molar-refractivity contribution is 6.02. The third kappa shape index (κ3) is 2.76. The third-order valence-electron chi connectivity index (χ3n) is 4.84. The Labute approximate surface area is 146 Å². The first-order chi connectivity index (χ1) is 12.2. The van der Waals surface area contributed by atoms with Gasteiger partial charge in [-0.2, -0.15) is 0 Å². The van der Waals surface area contributed by atoms with E-state index in [-0.39, 0.29) is 5.91 Å². The Bertz CT molecular complexity index is 845. The summed E-state index contributed by atoms with van der Waals surface area (Å²) < 4.78 is 10.7. The normalized spacial score (nSPS) is 18.8. The van der Waals surface area contributed by atoms with Crippen molar-refractivity contribution in [2.75, 3.05) is 18.6 Å². The summed E-state index contributed by atoms with van der Waals surface area (Å²) in [5.41, 5.74) is 3.38. The number of hydrogen-bond donors (Lipinski definition) is 0. The van der Waals surface area contributed by atoms with Crippen LogP contribution in [-0.2, 0) is 22.4 Å². The number of anilines is 1. The lowest BCUT2D eigenvalue weighted by Gasteiger charge is -2.33. The van der Waals surface area contributed by atoms with Crippen LogP contribution in [0.15, 0.2) is 42.5 Å². The second kappa shape index (κ2) is 6.24. The van der Waals surface area contributed by atoms with E-state index in [9.17, 15) is 9.59 Å². The molecular formula is C20H19NO4. The van der Waals surface area contributed by atoms with Crippen molar-refractivity contribution in [3.63, 3.8) is 0 Å². The highest BCUT2D eigenvalue weighted by Crippen LogP contribution is 2.32. The fraction of sp³-hybridized carbons (Fsp3) is 0.300. The topological polar surface area (TPSA) is 55.8 Å². The van der Waals surface area contributed by atoms with Crippen LogP contribution < -0.4 is 9.64 Å². The van der Waals surface area contributed by atoms with Crippen LogP contribution in [0, 0.1) is 0 Å². The number of cyclic esters (lactones) is 1. The number of ether oxygens (including phenoxy) is 2. The maximum absolute atomic E-state index is 13.0. The molecule has 0 bridgehead atoms. The molecule has 2 heterocycles. The van der Waals surface area contributed by atoms with E-state index in [1.54, 1.807) is 24.1 Å². The number of benzene rings is 2. The van der Waals surface area contributed by atoms with Gasteiger partial charge in [0.25, 0.3) is 5.91 Å². The van der Waals surface area contributed by atoms with E-state index in [2.05, 4.69) is 0 Å². The number of carbonyl (C=O) groups excluding carboxylic acids is 2. The number of rotatable bonds is 2. The number of hydrogen-bond acceptors (Lipinski definition) is 4. The van der Waals surface area contributed by atoms with Crippen LogP contribution in [0.1, 0.15) is 27.9 Å². The van der Waals surface area contributed by atoms with Crippen LogP contribution in [0.25, 0.3) is 0 Å². The molecule has 0 aromatic heterocycles. The van der Waals surface area contributed by atoms with Crippen molar-refractivity contribution in [3.8, 4) is 5.75 Å². The Hall–Kier alpha value is -2.82. The Morgan fingerprint density at radius 3 is 2.88 bits per heavy atom. The van der Waals surface area contributed by atoms with Crippen molar-refractivity contribution < 1.29 is 19.1 Å². The highest BCUT2D eigenvalue weighted by atomic mass is 16.5. The number of nitrogens with zero attached hydrogens (tertiary/aromatic N) is 1. The maximum atomic E-state index is 13.0. The minimum atomic E-state index is -0.768. The average Bonchev–Trinajstić information content (AvgIpc) is 2.66. The van der Waals surface area contributed by atoms with Gasteiger partial charge in [-0.25, -0.2) is 4.79 Å². The smallest absolute Gasteiger partial charge is 0.339 e. The number of fused-ring (bicyclic) bond motifs is 2. The van der Waals surface area contributed by atoms with Gasteiger partial charge in [-0.3, -0.25) is 4.79 Å². The van der Waals surface area contributed by atoms with Crippen molar-refractivity contribution in [2.45, 2.75) is 25.4 Å². The van der Waals surface area contributed by atoms with Crippen LogP contribution >= 0.6 is 0 Å². The molecule has 0 unspecified atom stereocenters. The molecule has 2 aliphatic heterocycles. The molecule has 0 spiro atoms. The molecule has 4 rings (SSSR count). The number of esters is 1. The van der Waals surface area contributed by atoms with Crippen molar-refractivity contribution in [2.24, 2.45) is 0 Å². The summed E-state index contributed by atoms with van der Waals surface area (Å²) in [5, 5.41) is 0. The van der Waals surface area contributed by atoms with Crippen molar-refractivity contribution >= 4 is 17.6 Å². The molecule has 1 atom stereocenters. The van der Waals surface area contributed by atoms with Crippen LogP contribution in [0.5, 0.6) is 5.75 Å². The standard InChI is InChI=1S/C20H19NO4/c1-24-15-8-9-17-14(11-15)6-4-10-21(17)19(22)18-12-13-5-2-3-7-16(13)20(23)25-18/h2-3,5,7-9,11,18H,4,6,10,12H2,1H3/t18-/m1/s1. The number of aryl methyl sites for hydroxylation is 1. The number of methoxy groups -OCH3 is 1. The van der Waals surface area contributed by atoms with Crippen LogP contribution in [0.3, 0.4) is 0 Å². The first-order valence-electron chi connectivity index (χ1n) is 8.44. The lowest BCUT2D eigenvalue weighted by Crippen LogP contribution is -2.46. The van der Waals surface area contributed by atoms with Crippen LogP contribution in [-0.4, -0.2) is 31.6 Å². The fourth-order valence-corrected chi connectivity index (χ4v) is 3.57. The minimum Gasteiger partial charge on any atom is -0.497 e. The van der Waals surface area contributed by atoms with Gasteiger partial charge >= 0.3 is 5.97 Å². The summed E-state index contributed by atoms with van der Waals surface area (Å²) in [4.78, 5) is 27.0. The molecule has 0 radical (unpaired) electrons. The molecule has 2 aliphatic rings. The lowest BCUT2D eigenvalue weighted by atomic mass is 9.96. The molecule has 2 aromatic rings. The predicted molar refractivity (Wildman–Crippen MR) is 93.0 cm³/mol. The SMILES string of the molecule is COc1ccc2c(c1)CCCN2C(=O)[C@H]1Cc2ccccc2C(=O)O1. The van der Waals surface area contributed by atoms with E-state index < -0.39 is 12.1 Å². The Kier molecular flexibility index (Phi) is 3.92. The quantitative estimate of drug-likeness (QED) is 0.791. The molecular weight excluding hydrogens is 318 g/mol. The monoisotopic (exact) mass is 337 g/mol. The Morgan fingerprint density at radius 2 is 2.04 bits per heavy atom. The molecule has 2 aromatic carbocycles. The van der Waals surface area contributed by atoms with Crippen molar-refractivity contribution in [3.05, 3.63) is 59.2 Å². The second-order valence-electron chi connectivity index (χ2n) is 6.34. The predicted octanol–water partition coefficient (Wildman–Crippen LogP) is 2.76. The summed E-state index contributed by atoms with van der Waals surface area (Å²) in [6.45, 7) is 0.633. The maximum Gasteiger partial charge on any atom is 0.339 e. The van der Waals surface area contributed by atoms with E-state index >= 15 is 0 Å². The van der Waals surface area contributed by atoms with Crippen LogP contribution in [0.4, 0.5) is 5.69 Å². The van der Waals surface area contributed by atoms with Gasteiger partial charge in [0.15, 0.2) is 6.10 Å². The molecule has 1 amide bonds. The molecule has 0 saturated carbocycles. The summed E-state index contributed by atoms with van der Waals surface area (Å²) >= 11 is 0. The molecule has 5 nitrogen and oxygen atoms in total. The summed E-state index contributed by atoms with van der Waals surface area (Å²) in [7, 11) is 1.63. The largest absolute Gasteiger partial charge is 0.497 e. The number of amides is 1. The zero-order valence-corrected chi connectivity index (χ0v) is 14.0. The van der Waals surface area contributed by atoms with Gasteiger partial charge < -0.3 is 14.4 Å². The molecule has 5 heteroatoms. The zero-order valence-electron chi connectivity index (χ0n) is 14.0. The van der Waals surface area contributed by atoms with E-state index in [0.717, 1.165) is 35.4 Å². The van der Waals surface area contributed by atoms with E-state index in [4.69, 9.17) is 9.47 Å². The second-order valence-corrected chi connectivity index (χ2v) is 6.34. The van der Waals surface area contributed by atoms with Gasteiger partial charge in [0.1, 0.15) is 5.75 Å². The Morgan fingerprint density at radius 1 is 1.20 bits per heavy atom. The molecule has 0 saturated heterocycles. The Balaban J connectivity index is 1.62. The summed E-state index contributed by atoms with van der Waals surface area (Å²) in [6, 6.07) is 13.0. The molecule has 0 N–H and O–H groups in total. The van der Waals surface area contributed by atoms with Gasteiger partial charge in [-0.15, -0.1) is 0 Å². The van der Waals surface area contributed by atoms with Gasteiger partial charge in [0.05, 0.1) is 12.7 Å². The zero-order chi connectivity index (χ0) is 17.4. The highest BCUT2D eigenvalue weighted by Gasteiger charge is 2.35. The van der Waals surface area contributed by atoms with Gasteiger partial charge in [-0.1, -0.05) is 18.2 Å².